The maximum absolute atomic E-state index is 10.2. The SMILES string of the molecule is CCCOC[N+](C)(C)Cc1cc(N=Nc2ccc(C)cc2)ccc1O.[Cl-]. The van der Waals surface area contributed by atoms with Gasteiger partial charge in [0.05, 0.1) is 37.6 Å². The molecule has 0 saturated carbocycles. The van der Waals surface area contributed by atoms with Gasteiger partial charge in [-0.15, -0.1) is 0 Å². The van der Waals surface area contributed by atoms with Crippen LogP contribution in [0.15, 0.2) is 52.7 Å². The summed E-state index contributed by atoms with van der Waals surface area (Å²) in [4.78, 5) is 0. The molecule has 0 aliphatic rings. The van der Waals surface area contributed by atoms with Crippen LogP contribution >= 0.6 is 0 Å². The molecular weight excluding hydrogens is 350 g/mol. The molecule has 2 aromatic carbocycles. The molecule has 0 fully saturated rings. The second-order valence-electron chi connectivity index (χ2n) is 6.98. The molecule has 0 unspecified atom stereocenters. The van der Waals surface area contributed by atoms with Gasteiger partial charge in [0.1, 0.15) is 12.3 Å². The highest BCUT2D eigenvalue weighted by Crippen LogP contribution is 2.27. The van der Waals surface area contributed by atoms with Crippen LogP contribution in [-0.4, -0.2) is 37.0 Å². The Kier molecular flexibility index (Phi) is 8.72. The van der Waals surface area contributed by atoms with Gasteiger partial charge in [-0.1, -0.05) is 24.6 Å². The quantitative estimate of drug-likeness (QED) is 0.331. The summed E-state index contributed by atoms with van der Waals surface area (Å²) < 4.78 is 6.28. The van der Waals surface area contributed by atoms with Gasteiger partial charge < -0.3 is 26.7 Å². The molecule has 0 atom stereocenters. The number of benzene rings is 2. The van der Waals surface area contributed by atoms with E-state index in [0.29, 0.717) is 17.8 Å². The number of halogens is 1. The van der Waals surface area contributed by atoms with Gasteiger partial charge in [-0.2, -0.15) is 10.2 Å². The zero-order chi connectivity index (χ0) is 18.3. The summed E-state index contributed by atoms with van der Waals surface area (Å²) in [5.41, 5.74) is 3.56. The Morgan fingerprint density at radius 3 is 2.27 bits per heavy atom. The molecule has 0 aromatic heterocycles. The number of rotatable bonds is 8. The zero-order valence-electron chi connectivity index (χ0n) is 15.9. The fourth-order valence-electron chi connectivity index (χ4n) is 2.45. The van der Waals surface area contributed by atoms with Gasteiger partial charge in [-0.05, 0) is 43.7 Å². The molecule has 2 aromatic rings. The minimum Gasteiger partial charge on any atom is -1.00 e. The van der Waals surface area contributed by atoms with Gasteiger partial charge in [0.25, 0.3) is 0 Å². The highest BCUT2D eigenvalue weighted by atomic mass is 35.5. The lowest BCUT2D eigenvalue weighted by Gasteiger charge is -2.29. The number of aromatic hydroxyl groups is 1. The van der Waals surface area contributed by atoms with Crippen molar-refractivity contribution in [3.05, 3.63) is 53.6 Å². The van der Waals surface area contributed by atoms with Crippen molar-refractivity contribution in [1.29, 1.82) is 0 Å². The van der Waals surface area contributed by atoms with Crippen LogP contribution in [0.5, 0.6) is 5.75 Å². The Morgan fingerprint density at radius 1 is 1.00 bits per heavy atom. The van der Waals surface area contributed by atoms with Crippen LogP contribution in [0.2, 0.25) is 0 Å². The van der Waals surface area contributed by atoms with Gasteiger partial charge in [-0.3, -0.25) is 0 Å². The van der Waals surface area contributed by atoms with Crippen molar-refractivity contribution < 1.29 is 26.7 Å². The normalized spacial score (nSPS) is 11.5. The first-order valence-electron chi connectivity index (χ1n) is 8.60. The molecule has 5 nitrogen and oxygen atoms in total. The van der Waals surface area contributed by atoms with E-state index in [0.717, 1.165) is 30.0 Å². The van der Waals surface area contributed by atoms with Gasteiger partial charge >= 0.3 is 0 Å². The molecule has 6 heteroatoms. The topological polar surface area (TPSA) is 54.2 Å². The Bertz CT molecular complexity index is 715. The number of azo groups is 1. The second-order valence-corrected chi connectivity index (χ2v) is 6.98. The first kappa shape index (κ1) is 22.1. The van der Waals surface area contributed by atoms with Crippen LogP contribution in [0.1, 0.15) is 24.5 Å². The molecule has 0 aliphatic carbocycles. The highest BCUT2D eigenvalue weighted by Gasteiger charge is 2.18. The average Bonchev–Trinajstić information content (AvgIpc) is 2.57. The predicted octanol–water partition coefficient (Wildman–Crippen LogP) is 2.08. The van der Waals surface area contributed by atoms with Crippen LogP contribution in [0, 0.1) is 6.92 Å². The van der Waals surface area contributed by atoms with Gasteiger partial charge in [0.15, 0.2) is 6.73 Å². The summed E-state index contributed by atoms with van der Waals surface area (Å²) in [6, 6.07) is 13.2. The third-order valence-electron chi connectivity index (χ3n) is 3.77. The van der Waals surface area contributed by atoms with E-state index >= 15 is 0 Å². The number of hydrogen-bond acceptors (Lipinski definition) is 4. The minimum absolute atomic E-state index is 0. The van der Waals surface area contributed by atoms with Crippen LogP contribution in [-0.2, 0) is 11.3 Å². The zero-order valence-corrected chi connectivity index (χ0v) is 16.7. The Balaban J connectivity index is 0.00000338. The minimum atomic E-state index is 0. The molecule has 1 N–H and O–H groups in total. The highest BCUT2D eigenvalue weighted by molar-refractivity contribution is 5.47. The number of aryl methyl sites for hydroxylation is 1. The number of quaternary nitrogens is 1. The summed E-state index contributed by atoms with van der Waals surface area (Å²) in [6.07, 6.45) is 1.00. The molecule has 0 saturated heterocycles. The second kappa shape index (κ2) is 10.3. The molecule has 0 amide bonds. The number of phenolic OH excluding ortho intramolecular Hbond substituents is 1. The lowest BCUT2D eigenvalue weighted by atomic mass is 10.1. The molecule has 0 aliphatic heterocycles. The van der Waals surface area contributed by atoms with E-state index in [-0.39, 0.29) is 18.2 Å². The third kappa shape index (κ3) is 7.12. The first-order chi connectivity index (χ1) is 11.9. The number of ether oxygens (including phenoxy) is 1. The molecule has 0 heterocycles. The van der Waals surface area contributed by atoms with Crippen molar-refractivity contribution in [2.24, 2.45) is 10.2 Å². The monoisotopic (exact) mass is 377 g/mol. The van der Waals surface area contributed by atoms with E-state index in [2.05, 4.69) is 31.2 Å². The molecule has 2 rings (SSSR count). The smallest absolute Gasteiger partial charge is 0.182 e. The maximum atomic E-state index is 10.2. The first-order valence-corrected chi connectivity index (χ1v) is 8.60. The van der Waals surface area contributed by atoms with E-state index < -0.39 is 0 Å². The van der Waals surface area contributed by atoms with Crippen LogP contribution in [0.3, 0.4) is 0 Å². The molecule has 142 valence electrons. The molecule has 0 radical (unpaired) electrons. The molecule has 0 spiro atoms. The van der Waals surface area contributed by atoms with E-state index in [1.807, 2.05) is 37.3 Å². The fraction of sp³-hybridized carbons (Fsp3) is 0.400. The third-order valence-corrected chi connectivity index (χ3v) is 3.77. The number of hydrogen-bond donors (Lipinski definition) is 1. The van der Waals surface area contributed by atoms with Crippen molar-refractivity contribution >= 4 is 11.4 Å². The number of nitrogens with zero attached hydrogens (tertiary/aromatic N) is 3. The Labute approximate surface area is 162 Å². The largest absolute Gasteiger partial charge is 1.00 e. The molecule has 0 bridgehead atoms. The predicted molar refractivity (Wildman–Crippen MR) is 100 cm³/mol. The van der Waals surface area contributed by atoms with Crippen molar-refractivity contribution in [3.8, 4) is 5.75 Å². The van der Waals surface area contributed by atoms with Crippen molar-refractivity contribution in [1.82, 2.24) is 0 Å². The number of phenols is 1. The lowest BCUT2D eigenvalue weighted by molar-refractivity contribution is -0.922. The summed E-state index contributed by atoms with van der Waals surface area (Å²) in [7, 11) is 4.16. The van der Waals surface area contributed by atoms with E-state index in [1.165, 1.54) is 5.56 Å². The summed E-state index contributed by atoms with van der Waals surface area (Å²) in [5.74, 6) is 0.274. The van der Waals surface area contributed by atoms with Crippen LogP contribution in [0.25, 0.3) is 0 Å². The Morgan fingerprint density at radius 2 is 1.62 bits per heavy atom. The fourth-order valence-corrected chi connectivity index (χ4v) is 2.45. The van der Waals surface area contributed by atoms with Crippen LogP contribution in [0.4, 0.5) is 11.4 Å². The van der Waals surface area contributed by atoms with Crippen molar-refractivity contribution in [2.75, 3.05) is 27.4 Å². The van der Waals surface area contributed by atoms with E-state index in [1.54, 1.807) is 12.1 Å². The van der Waals surface area contributed by atoms with Gasteiger partial charge in [0.2, 0.25) is 0 Å². The van der Waals surface area contributed by atoms with Crippen molar-refractivity contribution in [2.45, 2.75) is 26.8 Å². The average molecular weight is 378 g/mol. The molecule has 26 heavy (non-hydrogen) atoms. The van der Waals surface area contributed by atoms with Gasteiger partial charge in [0, 0.05) is 0 Å². The summed E-state index contributed by atoms with van der Waals surface area (Å²) in [5, 5.41) is 18.7. The lowest BCUT2D eigenvalue weighted by Crippen LogP contribution is -3.00. The van der Waals surface area contributed by atoms with Crippen molar-refractivity contribution in [3.63, 3.8) is 0 Å². The molecular formula is C20H28ClN3O2. The Hall–Kier alpha value is -1.95. The van der Waals surface area contributed by atoms with Crippen LogP contribution < -0.4 is 12.4 Å². The standard InChI is InChI=1S/C20H27N3O2.ClH/c1-5-12-25-15-23(3,4)14-17-13-19(10-11-20(17)24)22-21-18-8-6-16(2)7-9-18;/h6-11,13H,5,12,14-15H2,1-4H3;1H. The summed E-state index contributed by atoms with van der Waals surface area (Å²) >= 11 is 0. The van der Waals surface area contributed by atoms with Gasteiger partial charge in [-0.25, -0.2) is 0 Å². The maximum Gasteiger partial charge on any atom is 0.182 e. The summed E-state index contributed by atoms with van der Waals surface area (Å²) in [6.45, 7) is 6.13. The van der Waals surface area contributed by atoms with E-state index in [4.69, 9.17) is 4.74 Å². The van der Waals surface area contributed by atoms with E-state index in [9.17, 15) is 5.11 Å².